The van der Waals surface area contributed by atoms with E-state index in [9.17, 15) is 4.79 Å². The smallest absolute Gasteiger partial charge is 0.258 e. The van der Waals surface area contributed by atoms with Crippen molar-refractivity contribution in [2.75, 3.05) is 26.5 Å². The second-order valence-corrected chi connectivity index (χ2v) is 7.49. The van der Waals surface area contributed by atoms with Gasteiger partial charge in [-0.1, -0.05) is 29.3 Å². The fraction of sp³-hybridized carbons (Fsp3) is 0.278. The highest BCUT2D eigenvalue weighted by Gasteiger charge is 2.33. The molecule has 1 amide bonds. The fourth-order valence-electron chi connectivity index (χ4n) is 2.77. The minimum absolute atomic E-state index is 0.0967. The van der Waals surface area contributed by atoms with Gasteiger partial charge in [-0.05, 0) is 24.3 Å². The number of hydrogen-bond acceptors (Lipinski definition) is 4. The number of methoxy groups -OCH3 is 2. The van der Waals surface area contributed by atoms with Crippen LogP contribution in [0.3, 0.4) is 0 Å². The summed E-state index contributed by atoms with van der Waals surface area (Å²) >= 11 is 14.0. The standard InChI is InChI=1S/C18H17Cl2NO3S/c1-23-12-4-6-14(16(10-12)24-2)17(22)21-7-8-25-18(21)13-5-3-11(19)9-15(13)20/h3-6,9-10,18H,7-8H2,1-2H3/t18-/m1/s1. The van der Waals surface area contributed by atoms with Gasteiger partial charge in [0.1, 0.15) is 16.9 Å². The van der Waals surface area contributed by atoms with Crippen LogP contribution in [-0.4, -0.2) is 37.3 Å². The monoisotopic (exact) mass is 397 g/mol. The van der Waals surface area contributed by atoms with E-state index in [1.807, 2.05) is 11.0 Å². The number of nitrogens with zero attached hydrogens (tertiary/aromatic N) is 1. The predicted molar refractivity (Wildman–Crippen MR) is 102 cm³/mol. The number of hydrogen-bond donors (Lipinski definition) is 0. The third kappa shape index (κ3) is 3.68. The van der Waals surface area contributed by atoms with E-state index >= 15 is 0 Å². The van der Waals surface area contributed by atoms with Crippen molar-refractivity contribution in [3.63, 3.8) is 0 Å². The van der Waals surface area contributed by atoms with Gasteiger partial charge in [0.15, 0.2) is 0 Å². The number of ether oxygens (including phenoxy) is 2. The molecule has 1 fully saturated rings. The zero-order valence-corrected chi connectivity index (χ0v) is 16.1. The van der Waals surface area contributed by atoms with Crippen molar-refractivity contribution in [3.8, 4) is 11.5 Å². The Hall–Kier alpha value is -1.56. The maximum atomic E-state index is 13.1. The molecule has 0 saturated carbocycles. The van der Waals surface area contributed by atoms with E-state index in [0.717, 1.165) is 11.3 Å². The SMILES string of the molecule is COc1ccc(C(=O)N2CCS[C@@H]2c2ccc(Cl)cc2Cl)c(OC)c1. The van der Waals surface area contributed by atoms with Gasteiger partial charge in [-0.2, -0.15) is 0 Å². The van der Waals surface area contributed by atoms with Crippen molar-refractivity contribution in [2.24, 2.45) is 0 Å². The minimum atomic E-state index is -0.149. The molecule has 1 aliphatic heterocycles. The van der Waals surface area contributed by atoms with Gasteiger partial charge in [0.2, 0.25) is 0 Å². The zero-order chi connectivity index (χ0) is 18.0. The quantitative estimate of drug-likeness (QED) is 0.735. The van der Waals surface area contributed by atoms with Gasteiger partial charge in [0.05, 0.1) is 19.8 Å². The molecule has 0 aliphatic carbocycles. The number of rotatable bonds is 4. The first kappa shape index (κ1) is 18.2. The third-order valence-electron chi connectivity index (χ3n) is 4.02. The Labute approximate surface area is 161 Å². The van der Waals surface area contributed by atoms with Gasteiger partial charge in [-0.15, -0.1) is 11.8 Å². The Morgan fingerprint density at radius 3 is 2.64 bits per heavy atom. The Bertz CT molecular complexity index is 800. The van der Waals surface area contributed by atoms with Crippen LogP contribution < -0.4 is 9.47 Å². The molecule has 2 aromatic rings. The molecule has 7 heteroatoms. The maximum absolute atomic E-state index is 13.1. The lowest BCUT2D eigenvalue weighted by Gasteiger charge is -2.25. The van der Waals surface area contributed by atoms with Gasteiger partial charge < -0.3 is 14.4 Å². The van der Waals surface area contributed by atoms with Crippen molar-refractivity contribution in [1.82, 2.24) is 4.90 Å². The average molecular weight is 398 g/mol. The maximum Gasteiger partial charge on any atom is 0.258 e. The van der Waals surface area contributed by atoms with Crippen LogP contribution in [0.5, 0.6) is 11.5 Å². The summed E-state index contributed by atoms with van der Waals surface area (Å²) in [5, 5.41) is 0.988. The number of amides is 1. The first-order valence-electron chi connectivity index (χ1n) is 7.64. The average Bonchev–Trinajstić information content (AvgIpc) is 3.09. The summed E-state index contributed by atoms with van der Waals surface area (Å²) in [5.74, 6) is 1.87. The largest absolute Gasteiger partial charge is 0.497 e. The van der Waals surface area contributed by atoms with E-state index in [1.54, 1.807) is 49.2 Å². The highest BCUT2D eigenvalue weighted by Crippen LogP contribution is 2.43. The van der Waals surface area contributed by atoms with E-state index in [1.165, 1.54) is 7.11 Å². The molecule has 4 nitrogen and oxygen atoms in total. The molecule has 1 heterocycles. The van der Waals surface area contributed by atoms with Gasteiger partial charge >= 0.3 is 0 Å². The molecule has 132 valence electrons. The molecule has 2 aromatic carbocycles. The number of benzene rings is 2. The molecule has 0 N–H and O–H groups in total. The lowest BCUT2D eigenvalue weighted by molar-refractivity contribution is 0.0757. The van der Waals surface area contributed by atoms with Crippen LogP contribution in [0, 0.1) is 0 Å². The molecular formula is C18H17Cl2NO3S. The van der Waals surface area contributed by atoms with Crippen LogP contribution >= 0.6 is 35.0 Å². The summed E-state index contributed by atoms with van der Waals surface area (Å²) in [5.41, 5.74) is 1.38. The van der Waals surface area contributed by atoms with Crippen molar-refractivity contribution >= 4 is 40.9 Å². The van der Waals surface area contributed by atoms with E-state index in [2.05, 4.69) is 0 Å². The van der Waals surface area contributed by atoms with Crippen LogP contribution in [0.25, 0.3) is 0 Å². The van der Waals surface area contributed by atoms with E-state index in [-0.39, 0.29) is 11.3 Å². The summed E-state index contributed by atoms with van der Waals surface area (Å²) in [6.07, 6.45) is 0. The summed E-state index contributed by atoms with van der Waals surface area (Å²) < 4.78 is 10.6. The van der Waals surface area contributed by atoms with E-state index in [0.29, 0.717) is 33.7 Å². The summed E-state index contributed by atoms with van der Waals surface area (Å²) in [4.78, 5) is 14.9. The van der Waals surface area contributed by atoms with Crippen LogP contribution in [0.2, 0.25) is 10.0 Å². The van der Waals surface area contributed by atoms with Gasteiger partial charge in [-0.3, -0.25) is 4.79 Å². The number of halogens is 2. The van der Waals surface area contributed by atoms with Crippen molar-refractivity contribution < 1.29 is 14.3 Å². The molecule has 1 atom stereocenters. The Morgan fingerprint density at radius 2 is 1.96 bits per heavy atom. The normalized spacial score (nSPS) is 16.8. The number of carbonyl (C=O) groups excluding carboxylic acids is 1. The number of thioether (sulfide) groups is 1. The highest BCUT2D eigenvalue weighted by atomic mass is 35.5. The Kier molecular flexibility index (Phi) is 5.67. The van der Waals surface area contributed by atoms with Gasteiger partial charge in [-0.25, -0.2) is 0 Å². The van der Waals surface area contributed by atoms with E-state index < -0.39 is 0 Å². The zero-order valence-electron chi connectivity index (χ0n) is 13.8. The van der Waals surface area contributed by atoms with Crippen molar-refractivity contribution in [3.05, 3.63) is 57.6 Å². The highest BCUT2D eigenvalue weighted by molar-refractivity contribution is 7.99. The molecule has 3 rings (SSSR count). The molecule has 0 spiro atoms. The first-order valence-corrected chi connectivity index (χ1v) is 9.45. The second kappa shape index (κ2) is 7.77. The molecule has 0 radical (unpaired) electrons. The van der Waals surface area contributed by atoms with Crippen molar-refractivity contribution in [2.45, 2.75) is 5.37 Å². The summed E-state index contributed by atoms with van der Waals surface area (Å²) in [6, 6.07) is 10.6. The van der Waals surface area contributed by atoms with Crippen LogP contribution in [0.4, 0.5) is 0 Å². The molecule has 25 heavy (non-hydrogen) atoms. The van der Waals surface area contributed by atoms with Crippen molar-refractivity contribution in [1.29, 1.82) is 0 Å². The topological polar surface area (TPSA) is 38.8 Å². The van der Waals surface area contributed by atoms with Crippen LogP contribution in [0.15, 0.2) is 36.4 Å². The first-order chi connectivity index (χ1) is 12.0. The van der Waals surface area contributed by atoms with Crippen LogP contribution in [-0.2, 0) is 0 Å². The van der Waals surface area contributed by atoms with E-state index in [4.69, 9.17) is 32.7 Å². The Morgan fingerprint density at radius 1 is 1.16 bits per heavy atom. The fourth-order valence-corrected chi connectivity index (χ4v) is 4.64. The van der Waals surface area contributed by atoms with Gasteiger partial charge in [0, 0.05) is 34.0 Å². The second-order valence-electron chi connectivity index (χ2n) is 5.45. The Balaban J connectivity index is 1.93. The minimum Gasteiger partial charge on any atom is -0.497 e. The molecular weight excluding hydrogens is 381 g/mol. The number of carbonyl (C=O) groups is 1. The molecule has 1 aliphatic rings. The van der Waals surface area contributed by atoms with Crippen LogP contribution in [0.1, 0.15) is 21.3 Å². The summed E-state index contributed by atoms with van der Waals surface area (Å²) in [6.45, 7) is 0.641. The predicted octanol–water partition coefficient (Wildman–Crippen LogP) is 4.90. The molecule has 0 bridgehead atoms. The molecule has 0 aromatic heterocycles. The lowest BCUT2D eigenvalue weighted by Crippen LogP contribution is -2.30. The summed E-state index contributed by atoms with van der Waals surface area (Å²) in [7, 11) is 3.11. The molecule has 1 saturated heterocycles. The third-order valence-corrected chi connectivity index (χ3v) is 5.82. The molecule has 0 unspecified atom stereocenters. The van der Waals surface area contributed by atoms with Gasteiger partial charge in [0.25, 0.3) is 5.91 Å². The lowest BCUT2D eigenvalue weighted by atomic mass is 10.1.